The van der Waals surface area contributed by atoms with Crippen molar-refractivity contribution in [3.8, 4) is 5.75 Å². The largest absolute Gasteiger partial charge is 0.504 e. The average Bonchev–Trinajstić information content (AvgIpc) is 2.81. The van der Waals surface area contributed by atoms with E-state index in [9.17, 15) is 27.9 Å². The van der Waals surface area contributed by atoms with Crippen LogP contribution in [0.3, 0.4) is 0 Å². The maximum absolute atomic E-state index is 13.5. The lowest BCUT2D eigenvalue weighted by Crippen LogP contribution is -2.27. The van der Waals surface area contributed by atoms with Gasteiger partial charge in [0, 0.05) is 0 Å². The fourth-order valence-corrected chi connectivity index (χ4v) is 3.95. The molecule has 0 fully saturated rings. The maximum Gasteiger partial charge on any atom is 0.433 e. The Kier molecular flexibility index (Phi) is 6.63. The van der Waals surface area contributed by atoms with E-state index in [0.717, 1.165) is 12.1 Å². The quantitative estimate of drug-likeness (QED) is 0.349. The highest BCUT2D eigenvalue weighted by Gasteiger charge is 2.32. The van der Waals surface area contributed by atoms with Crippen LogP contribution in [0.2, 0.25) is 10.2 Å². The van der Waals surface area contributed by atoms with Crippen molar-refractivity contribution in [2.24, 2.45) is 0 Å². The lowest BCUT2D eigenvalue weighted by Gasteiger charge is -2.15. The van der Waals surface area contributed by atoms with E-state index in [1.807, 2.05) is 0 Å². The summed E-state index contributed by atoms with van der Waals surface area (Å²) < 4.78 is 40.4. The van der Waals surface area contributed by atoms with Crippen LogP contribution in [-0.2, 0) is 12.7 Å². The van der Waals surface area contributed by atoms with Gasteiger partial charge >= 0.3 is 6.18 Å². The van der Waals surface area contributed by atoms with Crippen molar-refractivity contribution in [1.82, 2.24) is 19.5 Å². The number of carbonyl (C=O) groups excluding carboxylic acids is 1. The van der Waals surface area contributed by atoms with Crippen molar-refractivity contribution < 1.29 is 23.1 Å². The van der Waals surface area contributed by atoms with Crippen LogP contribution in [0.25, 0.3) is 10.9 Å². The van der Waals surface area contributed by atoms with Crippen LogP contribution in [-0.4, -0.2) is 30.5 Å². The first-order valence-electron chi connectivity index (χ1n) is 10.3. The molecule has 13 heteroatoms. The minimum atomic E-state index is -4.64. The normalized spacial score (nSPS) is 11.6. The molecular weight excluding hydrogens is 522 g/mol. The number of anilines is 1. The Balaban J connectivity index is 1.80. The first kappa shape index (κ1) is 25.4. The van der Waals surface area contributed by atoms with Gasteiger partial charge in [0.1, 0.15) is 17.2 Å². The lowest BCUT2D eigenvalue weighted by atomic mass is 10.1. The minimum Gasteiger partial charge on any atom is -0.504 e. The molecule has 8 nitrogen and oxygen atoms in total. The number of carbonyl (C=O) groups is 1. The predicted molar refractivity (Wildman–Crippen MR) is 128 cm³/mol. The second-order valence-corrected chi connectivity index (χ2v) is 8.56. The summed E-state index contributed by atoms with van der Waals surface area (Å²) in [6.07, 6.45) is -4.64. The van der Waals surface area contributed by atoms with E-state index in [-0.39, 0.29) is 45.0 Å². The second kappa shape index (κ2) is 9.40. The summed E-state index contributed by atoms with van der Waals surface area (Å²) in [5.74, 6) is -1.01. The van der Waals surface area contributed by atoms with Crippen LogP contribution in [0.1, 0.15) is 33.3 Å². The third kappa shape index (κ3) is 4.84. The molecule has 1 amide bonds. The van der Waals surface area contributed by atoms with Crippen molar-refractivity contribution in [1.29, 1.82) is 0 Å². The van der Waals surface area contributed by atoms with E-state index in [1.165, 1.54) is 22.8 Å². The molecule has 0 unspecified atom stereocenters. The van der Waals surface area contributed by atoms with E-state index in [0.29, 0.717) is 11.1 Å². The summed E-state index contributed by atoms with van der Waals surface area (Å²) in [6, 6.07) is 7.65. The van der Waals surface area contributed by atoms with Crippen LogP contribution in [0.15, 0.2) is 41.2 Å². The number of halogens is 5. The van der Waals surface area contributed by atoms with Crippen LogP contribution >= 0.6 is 23.2 Å². The molecule has 3 heterocycles. The Morgan fingerprint density at radius 3 is 2.50 bits per heavy atom. The molecule has 4 aromatic rings. The SMILES string of the molecule is Cc1ccc(NC(=O)c2cc(Cl)c(O)c(Cl)n2)c2c(=O)n(Cc3cccc(C(F)(F)F)n3)c(C)nc12. The first-order chi connectivity index (χ1) is 16.9. The highest BCUT2D eigenvalue weighted by atomic mass is 35.5. The number of pyridine rings is 2. The van der Waals surface area contributed by atoms with Gasteiger partial charge in [-0.15, -0.1) is 0 Å². The Labute approximate surface area is 211 Å². The molecule has 2 N–H and O–H groups in total. The van der Waals surface area contributed by atoms with Gasteiger partial charge < -0.3 is 10.4 Å². The summed E-state index contributed by atoms with van der Waals surface area (Å²) in [5, 5.41) is 11.7. The highest BCUT2D eigenvalue weighted by molar-refractivity contribution is 6.36. The molecule has 3 aromatic heterocycles. The van der Waals surface area contributed by atoms with E-state index in [4.69, 9.17) is 23.2 Å². The molecule has 0 aliphatic heterocycles. The van der Waals surface area contributed by atoms with Crippen LogP contribution in [0.4, 0.5) is 18.9 Å². The molecule has 0 aliphatic rings. The third-order valence-corrected chi connectivity index (χ3v) is 5.86. The van der Waals surface area contributed by atoms with Gasteiger partial charge in [-0.1, -0.05) is 35.3 Å². The van der Waals surface area contributed by atoms with Crippen molar-refractivity contribution in [2.75, 3.05) is 5.32 Å². The van der Waals surface area contributed by atoms with E-state index in [1.54, 1.807) is 19.9 Å². The van der Waals surface area contributed by atoms with Crippen LogP contribution in [0.5, 0.6) is 5.75 Å². The molecule has 36 heavy (non-hydrogen) atoms. The number of nitrogens with one attached hydrogen (secondary N) is 1. The zero-order valence-electron chi connectivity index (χ0n) is 18.6. The predicted octanol–water partition coefficient (Wildman–Crippen LogP) is 5.14. The average molecular weight is 538 g/mol. The van der Waals surface area contributed by atoms with Crippen LogP contribution < -0.4 is 10.9 Å². The minimum absolute atomic E-state index is 0.00647. The van der Waals surface area contributed by atoms with E-state index >= 15 is 0 Å². The number of aromatic nitrogens is 4. The monoisotopic (exact) mass is 537 g/mol. The number of nitrogens with zero attached hydrogens (tertiary/aromatic N) is 4. The molecule has 0 bridgehead atoms. The summed E-state index contributed by atoms with van der Waals surface area (Å²) in [7, 11) is 0. The zero-order valence-corrected chi connectivity index (χ0v) is 20.1. The number of hydrogen-bond donors (Lipinski definition) is 2. The number of amides is 1. The van der Waals surface area contributed by atoms with Gasteiger partial charge in [-0.25, -0.2) is 15.0 Å². The number of benzene rings is 1. The number of fused-ring (bicyclic) bond motifs is 1. The van der Waals surface area contributed by atoms with Gasteiger partial charge in [0.05, 0.1) is 33.9 Å². The summed E-state index contributed by atoms with van der Waals surface area (Å²) >= 11 is 11.7. The molecule has 0 spiro atoms. The Morgan fingerprint density at radius 2 is 1.83 bits per heavy atom. The van der Waals surface area contributed by atoms with Gasteiger partial charge in [0.15, 0.2) is 10.9 Å². The van der Waals surface area contributed by atoms with Gasteiger partial charge in [0.25, 0.3) is 11.5 Å². The van der Waals surface area contributed by atoms with E-state index in [2.05, 4.69) is 20.3 Å². The van der Waals surface area contributed by atoms with Gasteiger partial charge in [-0.3, -0.25) is 14.2 Å². The number of alkyl halides is 3. The lowest BCUT2D eigenvalue weighted by molar-refractivity contribution is -0.141. The molecule has 0 saturated carbocycles. The summed E-state index contributed by atoms with van der Waals surface area (Å²) in [5.41, 5.74) is -0.852. The maximum atomic E-state index is 13.5. The number of rotatable bonds is 4. The van der Waals surface area contributed by atoms with E-state index < -0.39 is 29.1 Å². The number of aromatic hydroxyl groups is 1. The molecule has 0 atom stereocenters. The van der Waals surface area contributed by atoms with Crippen molar-refractivity contribution in [3.63, 3.8) is 0 Å². The fraction of sp³-hybridized carbons (Fsp3) is 0.174. The molecule has 0 aliphatic carbocycles. The Morgan fingerprint density at radius 1 is 1.11 bits per heavy atom. The first-order valence-corrected chi connectivity index (χ1v) is 11.0. The Bertz CT molecular complexity index is 1570. The summed E-state index contributed by atoms with van der Waals surface area (Å²) in [6.45, 7) is 2.99. The molecular formula is C23H16Cl2F3N5O3. The standard InChI is InChI=1S/C23H16Cl2F3N5O3/c1-10-6-7-14(32-21(35)15-8-13(24)19(34)20(25)31-15)17-18(10)29-11(2)33(22(17)36)9-12-4-3-5-16(30-12)23(26,27)28/h3-8,34H,9H2,1-2H3,(H,32,35). The van der Waals surface area contributed by atoms with Crippen LogP contribution in [0, 0.1) is 13.8 Å². The number of aryl methyl sites for hydroxylation is 2. The van der Waals surface area contributed by atoms with Gasteiger partial charge in [-0.2, -0.15) is 13.2 Å². The topological polar surface area (TPSA) is 110 Å². The zero-order chi connectivity index (χ0) is 26.4. The summed E-state index contributed by atoms with van der Waals surface area (Å²) in [4.78, 5) is 38.2. The second-order valence-electron chi connectivity index (χ2n) is 7.80. The molecule has 4 rings (SSSR count). The van der Waals surface area contributed by atoms with Crippen molar-refractivity contribution >= 4 is 45.7 Å². The molecule has 0 radical (unpaired) electrons. The molecule has 0 saturated heterocycles. The smallest absolute Gasteiger partial charge is 0.433 e. The van der Waals surface area contributed by atoms with Crippen molar-refractivity contribution in [2.45, 2.75) is 26.6 Å². The fourth-order valence-electron chi connectivity index (χ4n) is 3.52. The number of hydrogen-bond acceptors (Lipinski definition) is 6. The Hall–Kier alpha value is -3.70. The highest BCUT2D eigenvalue weighted by Crippen LogP contribution is 2.31. The molecule has 186 valence electrons. The van der Waals surface area contributed by atoms with Gasteiger partial charge in [0.2, 0.25) is 0 Å². The van der Waals surface area contributed by atoms with Crippen molar-refractivity contribution in [3.05, 3.63) is 85.4 Å². The molecule has 1 aromatic carbocycles. The third-order valence-electron chi connectivity index (χ3n) is 5.30. The van der Waals surface area contributed by atoms with Gasteiger partial charge in [-0.05, 0) is 43.7 Å².